The highest BCUT2D eigenvalue weighted by atomic mass is 19.4. The molecule has 1 rings (SSSR count). The average Bonchev–Trinajstić information content (AvgIpc) is 2.30. The maximum Gasteiger partial charge on any atom is 0.416 e. The maximum absolute atomic E-state index is 12.4. The van der Waals surface area contributed by atoms with Gasteiger partial charge in [-0.25, -0.2) is 0 Å². The van der Waals surface area contributed by atoms with E-state index in [4.69, 9.17) is 5.11 Å². The smallest absolute Gasteiger partial charge is 0.396 e. The zero-order valence-corrected chi connectivity index (χ0v) is 9.59. The Hall–Kier alpha value is -1.23. The van der Waals surface area contributed by atoms with Gasteiger partial charge in [0.15, 0.2) is 0 Å². The van der Waals surface area contributed by atoms with Gasteiger partial charge >= 0.3 is 6.18 Å². The molecule has 0 spiro atoms. The Kier molecular flexibility index (Phi) is 4.81. The van der Waals surface area contributed by atoms with Crippen LogP contribution in [0.1, 0.15) is 18.9 Å². The molecule has 0 heterocycles. The number of hydrogen-bond donors (Lipinski definition) is 2. The molecule has 96 valence electrons. The SMILES string of the molecule is CCC(CO)CNc1cccc(C(F)(F)F)c1. The van der Waals surface area contributed by atoms with Crippen molar-refractivity contribution in [1.82, 2.24) is 0 Å². The fourth-order valence-corrected chi connectivity index (χ4v) is 1.41. The molecule has 2 nitrogen and oxygen atoms in total. The number of aliphatic hydroxyl groups excluding tert-OH is 1. The molecule has 1 unspecified atom stereocenters. The minimum atomic E-state index is -4.32. The second-order valence-electron chi connectivity index (χ2n) is 3.92. The van der Waals surface area contributed by atoms with Gasteiger partial charge in [0, 0.05) is 18.8 Å². The first-order valence-electron chi connectivity index (χ1n) is 5.49. The molecule has 0 saturated heterocycles. The molecule has 0 aliphatic heterocycles. The molecule has 0 aromatic heterocycles. The lowest BCUT2D eigenvalue weighted by Gasteiger charge is -2.15. The molecule has 5 heteroatoms. The van der Waals surface area contributed by atoms with Crippen molar-refractivity contribution >= 4 is 5.69 Å². The Balaban J connectivity index is 2.66. The van der Waals surface area contributed by atoms with Crippen LogP contribution in [0.3, 0.4) is 0 Å². The second-order valence-corrected chi connectivity index (χ2v) is 3.92. The number of aliphatic hydroxyl groups is 1. The van der Waals surface area contributed by atoms with Gasteiger partial charge in [-0.1, -0.05) is 13.0 Å². The molecule has 0 amide bonds. The highest BCUT2D eigenvalue weighted by Crippen LogP contribution is 2.30. The number of anilines is 1. The summed E-state index contributed by atoms with van der Waals surface area (Å²) in [5, 5.41) is 11.9. The normalized spacial score (nSPS) is 13.5. The summed E-state index contributed by atoms with van der Waals surface area (Å²) in [6.45, 7) is 2.42. The summed E-state index contributed by atoms with van der Waals surface area (Å²) in [5.41, 5.74) is -0.244. The summed E-state index contributed by atoms with van der Waals surface area (Å²) in [7, 11) is 0. The van der Waals surface area contributed by atoms with Crippen LogP contribution >= 0.6 is 0 Å². The van der Waals surface area contributed by atoms with Crippen LogP contribution in [0.4, 0.5) is 18.9 Å². The van der Waals surface area contributed by atoms with E-state index in [0.717, 1.165) is 18.6 Å². The van der Waals surface area contributed by atoms with Crippen molar-refractivity contribution in [3.63, 3.8) is 0 Å². The van der Waals surface area contributed by atoms with E-state index in [0.29, 0.717) is 12.2 Å². The Bertz CT molecular complexity index is 348. The van der Waals surface area contributed by atoms with E-state index in [2.05, 4.69) is 5.32 Å². The van der Waals surface area contributed by atoms with Gasteiger partial charge in [0.2, 0.25) is 0 Å². The second kappa shape index (κ2) is 5.91. The molecule has 0 bridgehead atoms. The standard InChI is InChI=1S/C12H16F3NO/c1-2-9(8-17)7-16-11-5-3-4-10(6-11)12(13,14)15/h3-6,9,16-17H,2,7-8H2,1H3. The number of alkyl halides is 3. The quantitative estimate of drug-likeness (QED) is 0.837. The zero-order chi connectivity index (χ0) is 12.9. The van der Waals surface area contributed by atoms with E-state index >= 15 is 0 Å². The molecule has 0 aliphatic carbocycles. The molecule has 1 atom stereocenters. The lowest BCUT2D eigenvalue weighted by atomic mass is 10.1. The zero-order valence-electron chi connectivity index (χ0n) is 9.59. The fraction of sp³-hybridized carbons (Fsp3) is 0.500. The van der Waals surface area contributed by atoms with Crippen molar-refractivity contribution in [1.29, 1.82) is 0 Å². The molecule has 1 aromatic rings. The van der Waals surface area contributed by atoms with Crippen molar-refractivity contribution in [2.24, 2.45) is 5.92 Å². The summed E-state index contributed by atoms with van der Waals surface area (Å²) in [6, 6.07) is 5.06. The third kappa shape index (κ3) is 4.26. The van der Waals surface area contributed by atoms with E-state index in [1.54, 1.807) is 6.07 Å². The van der Waals surface area contributed by atoms with Gasteiger partial charge < -0.3 is 10.4 Å². The fourth-order valence-electron chi connectivity index (χ4n) is 1.41. The molecule has 0 saturated carbocycles. The summed E-state index contributed by atoms with van der Waals surface area (Å²) in [5.74, 6) is 0.0598. The third-order valence-electron chi connectivity index (χ3n) is 2.62. The van der Waals surface area contributed by atoms with Crippen molar-refractivity contribution in [3.05, 3.63) is 29.8 Å². The predicted octanol–water partition coefficient (Wildman–Crippen LogP) is 3.14. The highest BCUT2D eigenvalue weighted by Gasteiger charge is 2.30. The van der Waals surface area contributed by atoms with E-state index in [1.807, 2.05) is 6.92 Å². The first-order chi connectivity index (χ1) is 7.97. The van der Waals surface area contributed by atoms with Gasteiger partial charge in [-0.15, -0.1) is 0 Å². The third-order valence-corrected chi connectivity index (χ3v) is 2.62. The average molecular weight is 247 g/mol. The largest absolute Gasteiger partial charge is 0.416 e. The van der Waals surface area contributed by atoms with Gasteiger partial charge in [-0.2, -0.15) is 13.2 Å². The Morgan fingerprint density at radius 3 is 2.59 bits per heavy atom. The van der Waals surface area contributed by atoms with Crippen molar-refractivity contribution in [3.8, 4) is 0 Å². The number of halogens is 3. The molecule has 0 fully saturated rings. The number of hydrogen-bond acceptors (Lipinski definition) is 2. The minimum absolute atomic E-state index is 0.0302. The van der Waals surface area contributed by atoms with E-state index < -0.39 is 11.7 Å². The summed E-state index contributed by atoms with van der Waals surface area (Å²) >= 11 is 0. The van der Waals surface area contributed by atoms with Gasteiger partial charge in [-0.05, 0) is 30.5 Å². The van der Waals surface area contributed by atoms with Crippen LogP contribution in [0.15, 0.2) is 24.3 Å². The van der Waals surface area contributed by atoms with Gasteiger partial charge in [0.25, 0.3) is 0 Å². The molecule has 1 aromatic carbocycles. The van der Waals surface area contributed by atoms with Gasteiger partial charge in [0.1, 0.15) is 0 Å². The van der Waals surface area contributed by atoms with Gasteiger partial charge in [0.05, 0.1) is 5.56 Å². The van der Waals surface area contributed by atoms with Crippen LogP contribution in [0.5, 0.6) is 0 Å². The van der Waals surface area contributed by atoms with Crippen molar-refractivity contribution < 1.29 is 18.3 Å². The molecule has 0 aliphatic rings. The first kappa shape index (κ1) is 13.8. The molecule has 2 N–H and O–H groups in total. The van der Waals surface area contributed by atoms with Crippen LogP contribution in [0, 0.1) is 5.92 Å². The van der Waals surface area contributed by atoms with Crippen molar-refractivity contribution in [2.75, 3.05) is 18.5 Å². The Morgan fingerprint density at radius 2 is 2.06 bits per heavy atom. The summed E-state index contributed by atoms with van der Waals surface area (Å²) < 4.78 is 37.3. The minimum Gasteiger partial charge on any atom is -0.396 e. The number of nitrogens with one attached hydrogen (secondary N) is 1. The first-order valence-corrected chi connectivity index (χ1v) is 5.49. The van der Waals surface area contributed by atoms with E-state index in [-0.39, 0.29) is 12.5 Å². The van der Waals surface area contributed by atoms with E-state index in [9.17, 15) is 13.2 Å². The molecule has 17 heavy (non-hydrogen) atoms. The predicted molar refractivity (Wildman–Crippen MR) is 60.8 cm³/mol. The van der Waals surface area contributed by atoms with Crippen LogP contribution in [-0.4, -0.2) is 18.3 Å². The maximum atomic E-state index is 12.4. The Labute approximate surface area is 98.5 Å². The lowest BCUT2D eigenvalue weighted by molar-refractivity contribution is -0.137. The lowest BCUT2D eigenvalue weighted by Crippen LogP contribution is -2.17. The highest BCUT2D eigenvalue weighted by molar-refractivity contribution is 5.46. The topological polar surface area (TPSA) is 32.3 Å². The van der Waals surface area contributed by atoms with Crippen LogP contribution in [0.25, 0.3) is 0 Å². The van der Waals surface area contributed by atoms with Gasteiger partial charge in [-0.3, -0.25) is 0 Å². The Morgan fingerprint density at radius 1 is 1.35 bits per heavy atom. The van der Waals surface area contributed by atoms with Crippen LogP contribution < -0.4 is 5.32 Å². The monoisotopic (exact) mass is 247 g/mol. The molecular formula is C12H16F3NO. The number of benzene rings is 1. The summed E-state index contributed by atoms with van der Waals surface area (Å²) in [6.07, 6.45) is -3.54. The van der Waals surface area contributed by atoms with Crippen LogP contribution in [-0.2, 0) is 6.18 Å². The number of rotatable bonds is 5. The van der Waals surface area contributed by atoms with Crippen molar-refractivity contribution in [2.45, 2.75) is 19.5 Å². The summed E-state index contributed by atoms with van der Waals surface area (Å²) in [4.78, 5) is 0. The van der Waals surface area contributed by atoms with E-state index in [1.165, 1.54) is 6.07 Å². The molecule has 0 radical (unpaired) electrons. The van der Waals surface area contributed by atoms with Crippen LogP contribution in [0.2, 0.25) is 0 Å². The molecular weight excluding hydrogens is 231 g/mol.